The number of phosphoric ester groups is 1. The molecule has 0 aromatic heterocycles. The number of carbonyl (C=O) groups excluding carboxylic acids is 2. The summed E-state index contributed by atoms with van der Waals surface area (Å²) in [7, 11) is -4.40. The standard InChI is InChI=1S/C47H76NO8P/c1-3-5-7-9-11-13-15-17-19-21-22-24-25-27-29-31-33-35-37-39-46(49)53-43-45(44-55-57(51,52)54-42-41-48)56-47(50)40-38-36-34-32-30-28-26-23-20-18-16-14-12-10-8-6-4-2/h5-8,11-14,17-20,22,24,26-29,45H,3-4,9-10,15-16,21,23,25,30-44,48H2,1-2H3,(H,51,52)/t45-/m1/s1. The van der Waals surface area contributed by atoms with E-state index in [1.165, 1.54) is 0 Å². The molecule has 1 unspecified atom stereocenters. The van der Waals surface area contributed by atoms with Gasteiger partial charge >= 0.3 is 19.8 Å². The lowest BCUT2D eigenvalue weighted by molar-refractivity contribution is -0.161. The van der Waals surface area contributed by atoms with Gasteiger partial charge in [0, 0.05) is 19.4 Å². The minimum absolute atomic E-state index is 0.0374. The molecule has 0 rings (SSSR count). The molecule has 0 amide bonds. The van der Waals surface area contributed by atoms with E-state index in [-0.39, 0.29) is 32.6 Å². The molecule has 0 saturated carbocycles. The summed E-state index contributed by atoms with van der Waals surface area (Å²) in [5.41, 5.74) is 5.34. The maximum atomic E-state index is 12.6. The van der Waals surface area contributed by atoms with E-state index in [9.17, 15) is 19.0 Å². The maximum Gasteiger partial charge on any atom is 0.472 e. The van der Waals surface area contributed by atoms with Gasteiger partial charge in [0.05, 0.1) is 13.2 Å². The van der Waals surface area contributed by atoms with Gasteiger partial charge in [-0.1, -0.05) is 142 Å². The molecule has 0 heterocycles. The fraction of sp³-hybridized carbons (Fsp3) is 0.574. The fourth-order valence-electron chi connectivity index (χ4n) is 5.06. The van der Waals surface area contributed by atoms with Crippen LogP contribution in [0.1, 0.15) is 142 Å². The Labute approximate surface area is 346 Å². The number of ether oxygens (including phenoxy) is 2. The van der Waals surface area contributed by atoms with Crippen molar-refractivity contribution in [2.24, 2.45) is 5.73 Å². The Morgan fingerprint density at radius 1 is 0.526 bits per heavy atom. The lowest BCUT2D eigenvalue weighted by atomic mass is 10.1. The third-order valence-electron chi connectivity index (χ3n) is 8.15. The second kappa shape index (κ2) is 42.3. The molecule has 0 spiro atoms. The van der Waals surface area contributed by atoms with Crippen LogP contribution in [0.2, 0.25) is 0 Å². The Morgan fingerprint density at radius 2 is 0.912 bits per heavy atom. The van der Waals surface area contributed by atoms with Crippen LogP contribution in [0.4, 0.5) is 0 Å². The van der Waals surface area contributed by atoms with E-state index in [0.29, 0.717) is 12.8 Å². The lowest BCUT2D eigenvalue weighted by Crippen LogP contribution is -2.29. The molecule has 3 N–H and O–H groups in total. The Morgan fingerprint density at radius 3 is 1.35 bits per heavy atom. The van der Waals surface area contributed by atoms with Crippen molar-refractivity contribution in [3.63, 3.8) is 0 Å². The van der Waals surface area contributed by atoms with Gasteiger partial charge in [0.1, 0.15) is 6.61 Å². The number of rotatable bonds is 38. The van der Waals surface area contributed by atoms with Crippen molar-refractivity contribution in [2.45, 2.75) is 148 Å². The maximum absolute atomic E-state index is 12.6. The zero-order valence-electron chi connectivity index (χ0n) is 35.3. The SMILES string of the molecule is CCC=CCC=CCC=CCC=CCC=CCCCCCC(=O)OC[C@H](COP(=O)(O)OCCN)OC(=O)CCCCCCC=CCC=CCC=CCC=CCC. The molecular formula is C47H76NO8P. The Hall–Kier alpha value is -3.33. The van der Waals surface area contributed by atoms with Gasteiger partial charge in [-0.3, -0.25) is 18.6 Å². The number of carbonyl (C=O) groups is 2. The molecule has 0 aromatic carbocycles. The van der Waals surface area contributed by atoms with Crippen molar-refractivity contribution >= 4 is 19.8 Å². The van der Waals surface area contributed by atoms with Crippen molar-refractivity contribution in [3.05, 3.63) is 109 Å². The number of phosphoric acid groups is 1. The highest BCUT2D eigenvalue weighted by molar-refractivity contribution is 7.47. The topological polar surface area (TPSA) is 134 Å². The zero-order chi connectivity index (χ0) is 41.8. The molecular weight excluding hydrogens is 737 g/mol. The second-order valence-electron chi connectivity index (χ2n) is 13.4. The van der Waals surface area contributed by atoms with Gasteiger partial charge in [-0.2, -0.15) is 0 Å². The van der Waals surface area contributed by atoms with Crippen molar-refractivity contribution in [2.75, 3.05) is 26.4 Å². The highest BCUT2D eigenvalue weighted by Crippen LogP contribution is 2.43. The number of nitrogens with two attached hydrogens (primary N) is 1. The van der Waals surface area contributed by atoms with Crippen LogP contribution < -0.4 is 5.73 Å². The first-order valence-electron chi connectivity index (χ1n) is 21.4. The van der Waals surface area contributed by atoms with E-state index < -0.39 is 32.5 Å². The molecule has 57 heavy (non-hydrogen) atoms. The monoisotopic (exact) mass is 814 g/mol. The number of hydrogen-bond acceptors (Lipinski definition) is 8. The van der Waals surface area contributed by atoms with Crippen LogP contribution in [0.5, 0.6) is 0 Å². The van der Waals surface area contributed by atoms with Gasteiger partial charge in [0.15, 0.2) is 6.10 Å². The van der Waals surface area contributed by atoms with E-state index in [0.717, 1.165) is 103 Å². The summed E-state index contributed by atoms with van der Waals surface area (Å²) in [6.07, 6.45) is 55.4. The summed E-state index contributed by atoms with van der Waals surface area (Å²) < 4.78 is 32.7. The minimum atomic E-state index is -4.40. The van der Waals surface area contributed by atoms with Gasteiger partial charge in [-0.25, -0.2) is 4.57 Å². The van der Waals surface area contributed by atoms with Gasteiger partial charge in [-0.15, -0.1) is 0 Å². The first-order valence-corrected chi connectivity index (χ1v) is 22.9. The Balaban J connectivity index is 4.30. The first-order chi connectivity index (χ1) is 27.8. The molecule has 0 saturated heterocycles. The zero-order valence-corrected chi connectivity index (χ0v) is 36.2. The summed E-state index contributed by atoms with van der Waals surface area (Å²) in [6.45, 7) is 3.40. The molecule has 322 valence electrons. The van der Waals surface area contributed by atoms with Crippen LogP contribution in [0, 0.1) is 0 Å². The minimum Gasteiger partial charge on any atom is -0.462 e. The molecule has 0 aliphatic carbocycles. The molecule has 0 aliphatic heterocycles. The number of hydrogen-bond donors (Lipinski definition) is 2. The van der Waals surface area contributed by atoms with Crippen molar-refractivity contribution in [1.29, 1.82) is 0 Å². The molecule has 0 aliphatic rings. The summed E-state index contributed by atoms with van der Waals surface area (Å²) >= 11 is 0. The number of unbranched alkanes of at least 4 members (excludes halogenated alkanes) is 7. The smallest absolute Gasteiger partial charge is 0.462 e. The van der Waals surface area contributed by atoms with Gasteiger partial charge < -0.3 is 20.1 Å². The summed E-state index contributed by atoms with van der Waals surface area (Å²) in [5.74, 6) is -0.907. The number of esters is 2. The van der Waals surface area contributed by atoms with Crippen molar-refractivity contribution in [3.8, 4) is 0 Å². The normalized spacial score (nSPS) is 14.4. The van der Waals surface area contributed by atoms with E-state index in [1.54, 1.807) is 0 Å². The van der Waals surface area contributed by atoms with Crippen LogP contribution in [-0.2, 0) is 32.7 Å². The third kappa shape index (κ3) is 42.1. The quantitative estimate of drug-likeness (QED) is 0.0270. The van der Waals surface area contributed by atoms with E-state index in [1.807, 2.05) is 0 Å². The van der Waals surface area contributed by atoms with Crippen LogP contribution in [0.25, 0.3) is 0 Å². The van der Waals surface area contributed by atoms with Crippen LogP contribution >= 0.6 is 7.82 Å². The first kappa shape index (κ1) is 53.7. The predicted molar refractivity (Wildman–Crippen MR) is 238 cm³/mol. The number of allylic oxidation sites excluding steroid dienone is 18. The van der Waals surface area contributed by atoms with E-state index in [4.69, 9.17) is 24.3 Å². The van der Waals surface area contributed by atoms with Crippen molar-refractivity contribution in [1.82, 2.24) is 0 Å². The highest BCUT2D eigenvalue weighted by atomic mass is 31.2. The van der Waals surface area contributed by atoms with E-state index >= 15 is 0 Å². The molecule has 0 fully saturated rings. The molecule has 0 aromatic rings. The van der Waals surface area contributed by atoms with Gasteiger partial charge in [0.2, 0.25) is 0 Å². The lowest BCUT2D eigenvalue weighted by Gasteiger charge is -2.19. The van der Waals surface area contributed by atoms with Crippen molar-refractivity contribution < 1.29 is 37.6 Å². The Bertz CT molecular complexity index is 1290. The molecule has 0 radical (unpaired) electrons. The van der Waals surface area contributed by atoms with Crippen LogP contribution in [-0.4, -0.2) is 49.3 Å². The Kier molecular flexibility index (Phi) is 39.8. The average molecular weight is 814 g/mol. The van der Waals surface area contributed by atoms with Crippen LogP contribution in [0.3, 0.4) is 0 Å². The fourth-order valence-corrected chi connectivity index (χ4v) is 5.83. The third-order valence-corrected chi connectivity index (χ3v) is 9.14. The van der Waals surface area contributed by atoms with Crippen LogP contribution in [0.15, 0.2) is 109 Å². The predicted octanol–water partition coefficient (Wildman–Crippen LogP) is 12.4. The molecule has 9 nitrogen and oxygen atoms in total. The summed E-state index contributed by atoms with van der Waals surface area (Å²) in [6, 6.07) is 0. The molecule has 10 heteroatoms. The van der Waals surface area contributed by atoms with E-state index in [2.05, 4.69) is 123 Å². The van der Waals surface area contributed by atoms with Gasteiger partial charge in [-0.05, 0) is 96.3 Å². The highest BCUT2D eigenvalue weighted by Gasteiger charge is 2.25. The second-order valence-corrected chi connectivity index (χ2v) is 14.9. The summed E-state index contributed by atoms with van der Waals surface area (Å²) in [4.78, 5) is 34.9. The average Bonchev–Trinajstić information content (AvgIpc) is 3.20. The summed E-state index contributed by atoms with van der Waals surface area (Å²) in [5, 5.41) is 0. The van der Waals surface area contributed by atoms with Gasteiger partial charge in [0.25, 0.3) is 0 Å². The largest absolute Gasteiger partial charge is 0.472 e. The molecule has 0 bridgehead atoms. The molecule has 2 atom stereocenters.